The van der Waals surface area contributed by atoms with Crippen LogP contribution in [0.4, 0.5) is 4.79 Å². The second-order valence-electron chi connectivity index (χ2n) is 7.85. The molecule has 4 amide bonds. The summed E-state index contributed by atoms with van der Waals surface area (Å²) < 4.78 is 5.29. The second-order valence-corrected chi connectivity index (χ2v) is 7.85. The van der Waals surface area contributed by atoms with Crippen LogP contribution in [0.25, 0.3) is 0 Å². The van der Waals surface area contributed by atoms with E-state index < -0.39 is 0 Å². The molecule has 3 aliphatic rings. The maximum Gasteiger partial charge on any atom is 0.315 e. The van der Waals surface area contributed by atoms with E-state index in [4.69, 9.17) is 4.74 Å². The summed E-state index contributed by atoms with van der Waals surface area (Å²) in [6, 6.07) is -0.301. The lowest BCUT2D eigenvalue weighted by Gasteiger charge is -2.37. The third-order valence-electron chi connectivity index (χ3n) is 5.43. The van der Waals surface area contributed by atoms with Crippen LogP contribution < -0.4 is 16.0 Å². The Balaban J connectivity index is 1.52. The van der Waals surface area contributed by atoms with E-state index in [1.54, 1.807) is 0 Å². The van der Waals surface area contributed by atoms with E-state index >= 15 is 0 Å². The van der Waals surface area contributed by atoms with Crippen LogP contribution in [0.5, 0.6) is 0 Å². The number of hydrogen-bond donors (Lipinski definition) is 3. The maximum absolute atomic E-state index is 12.4. The van der Waals surface area contributed by atoms with Crippen molar-refractivity contribution in [3.8, 4) is 0 Å². The summed E-state index contributed by atoms with van der Waals surface area (Å²) >= 11 is 0. The number of piperazine rings is 1. The standard InChI is InChI=1S/C18H31N5O4/c1-12(2)20-18(26)21-13-9-15-17(25)19-10-14(23(15)11-13)3-4-16(24)22-5-7-27-8-6-22/h12-15H,3-11H2,1-2H3,(H,19,25)(H2,20,21,26). The molecule has 152 valence electrons. The van der Waals surface area contributed by atoms with Crippen LogP contribution in [-0.4, -0.2) is 91.2 Å². The maximum atomic E-state index is 12.4. The van der Waals surface area contributed by atoms with Crippen molar-refractivity contribution in [1.82, 2.24) is 25.8 Å². The van der Waals surface area contributed by atoms with Crippen molar-refractivity contribution in [3.05, 3.63) is 0 Å². The molecule has 9 nitrogen and oxygen atoms in total. The Bertz CT molecular complexity index is 564. The normalized spacial score (nSPS) is 28.6. The lowest BCUT2D eigenvalue weighted by atomic mass is 10.0. The summed E-state index contributed by atoms with van der Waals surface area (Å²) in [4.78, 5) is 40.6. The molecule has 3 atom stereocenters. The SMILES string of the molecule is CC(C)NC(=O)NC1CC2C(=O)NCC(CCC(=O)N3CCOCC3)N2C1. The molecule has 0 spiro atoms. The van der Waals surface area contributed by atoms with E-state index in [9.17, 15) is 14.4 Å². The zero-order chi connectivity index (χ0) is 19.4. The number of carbonyl (C=O) groups is 3. The zero-order valence-electron chi connectivity index (χ0n) is 16.2. The highest BCUT2D eigenvalue weighted by Crippen LogP contribution is 2.26. The molecule has 0 radical (unpaired) electrons. The highest BCUT2D eigenvalue weighted by atomic mass is 16.5. The molecule has 3 heterocycles. The van der Waals surface area contributed by atoms with Gasteiger partial charge in [-0.15, -0.1) is 0 Å². The minimum absolute atomic E-state index is 0.0133. The minimum atomic E-state index is -0.230. The minimum Gasteiger partial charge on any atom is -0.378 e. The summed E-state index contributed by atoms with van der Waals surface area (Å²) in [6.07, 6.45) is 1.78. The molecule has 3 unspecified atom stereocenters. The number of amides is 4. The molecule has 0 aliphatic carbocycles. The van der Waals surface area contributed by atoms with E-state index in [-0.39, 0.29) is 42.0 Å². The number of hydrogen-bond acceptors (Lipinski definition) is 5. The van der Waals surface area contributed by atoms with Gasteiger partial charge in [0.25, 0.3) is 0 Å². The number of fused-ring (bicyclic) bond motifs is 1. The van der Waals surface area contributed by atoms with Crippen LogP contribution in [0.3, 0.4) is 0 Å². The number of morpholine rings is 1. The van der Waals surface area contributed by atoms with Crippen molar-refractivity contribution < 1.29 is 19.1 Å². The molecule has 0 aromatic carbocycles. The number of carbonyl (C=O) groups excluding carboxylic acids is 3. The Morgan fingerprint density at radius 2 is 2.04 bits per heavy atom. The van der Waals surface area contributed by atoms with Crippen LogP contribution in [0.15, 0.2) is 0 Å². The summed E-state index contributed by atoms with van der Waals surface area (Å²) in [5.74, 6) is 0.163. The molecule has 27 heavy (non-hydrogen) atoms. The molecule has 3 aliphatic heterocycles. The van der Waals surface area contributed by atoms with Gasteiger partial charge in [0.1, 0.15) is 0 Å². The molecular weight excluding hydrogens is 350 g/mol. The van der Waals surface area contributed by atoms with E-state index in [0.29, 0.717) is 58.7 Å². The average Bonchev–Trinajstić information content (AvgIpc) is 3.05. The predicted octanol–water partition coefficient (Wildman–Crippen LogP) is -0.726. The fourth-order valence-electron chi connectivity index (χ4n) is 4.10. The Morgan fingerprint density at radius 1 is 1.30 bits per heavy atom. The first-order chi connectivity index (χ1) is 12.9. The van der Waals surface area contributed by atoms with Crippen molar-refractivity contribution >= 4 is 17.8 Å². The van der Waals surface area contributed by atoms with Crippen LogP contribution in [0.2, 0.25) is 0 Å². The van der Waals surface area contributed by atoms with Crippen molar-refractivity contribution in [2.45, 2.75) is 57.3 Å². The highest BCUT2D eigenvalue weighted by molar-refractivity contribution is 5.83. The van der Waals surface area contributed by atoms with Gasteiger partial charge in [-0.1, -0.05) is 0 Å². The fourth-order valence-corrected chi connectivity index (χ4v) is 4.10. The topological polar surface area (TPSA) is 103 Å². The Labute approximate surface area is 160 Å². The van der Waals surface area contributed by atoms with Crippen LogP contribution in [-0.2, 0) is 14.3 Å². The number of ether oxygens (including phenoxy) is 1. The van der Waals surface area contributed by atoms with E-state index in [1.165, 1.54) is 0 Å². The Kier molecular flexibility index (Phi) is 6.54. The first-order valence-electron chi connectivity index (χ1n) is 9.90. The predicted molar refractivity (Wildman–Crippen MR) is 99.1 cm³/mol. The molecular formula is C18H31N5O4. The van der Waals surface area contributed by atoms with Gasteiger partial charge in [-0.2, -0.15) is 0 Å². The summed E-state index contributed by atoms with van der Waals surface area (Å²) in [7, 11) is 0. The van der Waals surface area contributed by atoms with Crippen molar-refractivity contribution in [3.63, 3.8) is 0 Å². The van der Waals surface area contributed by atoms with Crippen molar-refractivity contribution in [1.29, 1.82) is 0 Å². The first-order valence-corrected chi connectivity index (χ1v) is 9.90. The molecule has 3 saturated heterocycles. The fraction of sp³-hybridized carbons (Fsp3) is 0.833. The lowest BCUT2D eigenvalue weighted by Crippen LogP contribution is -2.58. The number of rotatable bonds is 5. The molecule has 0 aromatic heterocycles. The van der Waals surface area contributed by atoms with Crippen molar-refractivity contribution in [2.24, 2.45) is 0 Å². The van der Waals surface area contributed by atoms with Gasteiger partial charge < -0.3 is 25.6 Å². The highest BCUT2D eigenvalue weighted by Gasteiger charge is 2.43. The van der Waals surface area contributed by atoms with Crippen molar-refractivity contribution in [2.75, 3.05) is 39.4 Å². The third-order valence-corrected chi connectivity index (χ3v) is 5.43. The molecule has 0 bridgehead atoms. The number of nitrogens with one attached hydrogen (secondary N) is 3. The van der Waals surface area contributed by atoms with E-state index in [0.717, 1.165) is 0 Å². The zero-order valence-corrected chi connectivity index (χ0v) is 16.2. The van der Waals surface area contributed by atoms with Gasteiger partial charge in [-0.25, -0.2) is 4.79 Å². The molecule has 0 saturated carbocycles. The molecule has 3 N–H and O–H groups in total. The average molecular weight is 381 g/mol. The lowest BCUT2D eigenvalue weighted by molar-refractivity contribution is -0.136. The van der Waals surface area contributed by atoms with Gasteiger partial charge in [-0.05, 0) is 26.7 Å². The largest absolute Gasteiger partial charge is 0.378 e. The third kappa shape index (κ3) is 5.10. The summed E-state index contributed by atoms with van der Waals surface area (Å²) in [6.45, 7) is 7.53. The smallest absolute Gasteiger partial charge is 0.315 e. The summed E-state index contributed by atoms with van der Waals surface area (Å²) in [5.41, 5.74) is 0. The van der Waals surface area contributed by atoms with E-state index in [2.05, 4.69) is 20.9 Å². The molecule has 3 fully saturated rings. The van der Waals surface area contributed by atoms with Gasteiger partial charge in [0.15, 0.2) is 0 Å². The number of urea groups is 1. The van der Waals surface area contributed by atoms with Gasteiger partial charge in [0.05, 0.1) is 19.3 Å². The van der Waals surface area contributed by atoms with Crippen LogP contribution in [0.1, 0.15) is 33.1 Å². The molecule has 0 aromatic rings. The first kappa shape index (κ1) is 19.9. The van der Waals surface area contributed by atoms with Crippen LogP contribution in [0, 0.1) is 0 Å². The quantitative estimate of drug-likeness (QED) is 0.583. The van der Waals surface area contributed by atoms with E-state index in [1.807, 2.05) is 18.7 Å². The summed E-state index contributed by atoms with van der Waals surface area (Å²) in [5, 5.41) is 8.74. The van der Waals surface area contributed by atoms with Crippen LogP contribution >= 0.6 is 0 Å². The van der Waals surface area contributed by atoms with Gasteiger partial charge in [-0.3, -0.25) is 14.5 Å². The molecule has 3 rings (SSSR count). The Hall–Kier alpha value is -1.87. The Morgan fingerprint density at radius 3 is 2.74 bits per heavy atom. The monoisotopic (exact) mass is 381 g/mol. The van der Waals surface area contributed by atoms with Gasteiger partial charge >= 0.3 is 6.03 Å². The molecule has 9 heteroatoms. The second kappa shape index (κ2) is 8.88. The van der Waals surface area contributed by atoms with Gasteiger partial charge in [0.2, 0.25) is 11.8 Å². The number of nitrogens with zero attached hydrogens (tertiary/aromatic N) is 2. The van der Waals surface area contributed by atoms with Gasteiger partial charge in [0, 0.05) is 50.7 Å².